The highest BCUT2D eigenvalue weighted by molar-refractivity contribution is 5.96. The third-order valence-electron chi connectivity index (χ3n) is 5.30. The Bertz CT molecular complexity index is 631. The van der Waals surface area contributed by atoms with Gasteiger partial charge < -0.3 is 9.64 Å². The first-order valence-electron chi connectivity index (χ1n) is 9.42. The second-order valence-electron chi connectivity index (χ2n) is 7.01. The molecule has 0 unspecified atom stereocenters. The number of amides is 1. The minimum atomic E-state index is -0.284. The van der Waals surface area contributed by atoms with Gasteiger partial charge in [-0.1, -0.05) is 24.6 Å². The van der Waals surface area contributed by atoms with E-state index in [0.29, 0.717) is 6.61 Å². The van der Waals surface area contributed by atoms with Crippen molar-refractivity contribution < 1.29 is 14.3 Å². The number of benzene rings is 1. The number of carbonyl (C=O) groups excluding carboxylic acids is 2. The van der Waals surface area contributed by atoms with E-state index in [9.17, 15) is 9.59 Å². The Hall–Kier alpha value is -1.88. The van der Waals surface area contributed by atoms with E-state index in [4.69, 9.17) is 4.74 Å². The van der Waals surface area contributed by atoms with E-state index < -0.39 is 0 Å². The molecule has 5 heteroatoms. The molecular weight excluding hydrogens is 316 g/mol. The van der Waals surface area contributed by atoms with Crippen molar-refractivity contribution in [3.05, 3.63) is 29.8 Å². The van der Waals surface area contributed by atoms with Crippen LogP contribution in [0.1, 0.15) is 45.1 Å². The summed E-state index contributed by atoms with van der Waals surface area (Å²) in [4.78, 5) is 29.3. The SMILES string of the molecule is CCOC(=O)[C@@H]1CCCCN1CC(=O)N1c2ccccc2CC[C@H]1C. The number of hydrogen-bond donors (Lipinski definition) is 0. The topological polar surface area (TPSA) is 49.9 Å². The Morgan fingerprint density at radius 2 is 2.00 bits per heavy atom. The molecule has 1 aromatic carbocycles. The van der Waals surface area contributed by atoms with Gasteiger partial charge in [-0.2, -0.15) is 0 Å². The lowest BCUT2D eigenvalue weighted by Gasteiger charge is -2.39. The average Bonchev–Trinajstić information content (AvgIpc) is 2.62. The molecule has 0 spiro atoms. The maximum Gasteiger partial charge on any atom is 0.323 e. The highest BCUT2D eigenvalue weighted by Crippen LogP contribution is 2.31. The summed E-state index contributed by atoms with van der Waals surface area (Å²) in [6.45, 7) is 5.37. The minimum absolute atomic E-state index is 0.0795. The van der Waals surface area contributed by atoms with Crippen LogP contribution in [0, 0.1) is 0 Å². The van der Waals surface area contributed by atoms with Gasteiger partial charge in [0.05, 0.1) is 13.2 Å². The molecule has 2 aliphatic rings. The molecule has 0 aliphatic carbocycles. The fraction of sp³-hybridized carbons (Fsp3) is 0.600. The lowest BCUT2D eigenvalue weighted by atomic mass is 9.96. The molecule has 1 fully saturated rings. The second kappa shape index (κ2) is 8.00. The molecule has 25 heavy (non-hydrogen) atoms. The molecule has 1 amide bonds. The van der Waals surface area contributed by atoms with Crippen molar-refractivity contribution in [3.63, 3.8) is 0 Å². The zero-order chi connectivity index (χ0) is 17.8. The van der Waals surface area contributed by atoms with Gasteiger partial charge in [-0.05, 0) is 57.7 Å². The predicted octanol–water partition coefficient (Wildman–Crippen LogP) is 2.77. The van der Waals surface area contributed by atoms with Gasteiger partial charge in [-0.25, -0.2) is 0 Å². The summed E-state index contributed by atoms with van der Waals surface area (Å²) in [6, 6.07) is 8.05. The van der Waals surface area contributed by atoms with E-state index in [1.807, 2.05) is 34.9 Å². The lowest BCUT2D eigenvalue weighted by molar-refractivity contribution is -0.151. The molecule has 1 aromatic rings. The van der Waals surface area contributed by atoms with Gasteiger partial charge in [0.2, 0.25) is 5.91 Å². The van der Waals surface area contributed by atoms with Crippen molar-refractivity contribution in [2.45, 2.75) is 58.0 Å². The number of ether oxygens (including phenoxy) is 1. The van der Waals surface area contributed by atoms with Crippen molar-refractivity contribution in [1.29, 1.82) is 0 Å². The fourth-order valence-corrected chi connectivity index (χ4v) is 4.00. The zero-order valence-corrected chi connectivity index (χ0v) is 15.2. The number of carbonyl (C=O) groups is 2. The molecule has 0 saturated carbocycles. The Morgan fingerprint density at radius 3 is 2.80 bits per heavy atom. The van der Waals surface area contributed by atoms with Crippen LogP contribution in [0.5, 0.6) is 0 Å². The number of nitrogens with zero attached hydrogens (tertiary/aromatic N) is 2. The first-order chi connectivity index (χ1) is 12.1. The number of para-hydroxylation sites is 1. The van der Waals surface area contributed by atoms with Crippen LogP contribution in [0.3, 0.4) is 0 Å². The third kappa shape index (κ3) is 3.87. The monoisotopic (exact) mass is 344 g/mol. The van der Waals surface area contributed by atoms with Crippen LogP contribution in [-0.2, 0) is 20.7 Å². The highest BCUT2D eigenvalue weighted by Gasteiger charge is 2.34. The molecule has 2 aliphatic heterocycles. The number of aryl methyl sites for hydroxylation is 1. The zero-order valence-electron chi connectivity index (χ0n) is 15.2. The van der Waals surface area contributed by atoms with Gasteiger partial charge in [0.1, 0.15) is 6.04 Å². The van der Waals surface area contributed by atoms with Crippen LogP contribution >= 0.6 is 0 Å². The van der Waals surface area contributed by atoms with Gasteiger partial charge in [0.25, 0.3) is 0 Å². The third-order valence-corrected chi connectivity index (χ3v) is 5.30. The molecule has 1 saturated heterocycles. The maximum atomic E-state index is 13.1. The summed E-state index contributed by atoms with van der Waals surface area (Å²) in [5, 5.41) is 0. The summed E-state index contributed by atoms with van der Waals surface area (Å²) in [5.74, 6) is -0.113. The van der Waals surface area contributed by atoms with E-state index in [-0.39, 0.29) is 30.5 Å². The normalized spacial score (nSPS) is 23.8. The van der Waals surface area contributed by atoms with Gasteiger partial charge in [-0.3, -0.25) is 14.5 Å². The summed E-state index contributed by atoms with van der Waals surface area (Å²) in [5.41, 5.74) is 2.26. The predicted molar refractivity (Wildman–Crippen MR) is 97.6 cm³/mol. The Labute approximate surface area is 149 Å². The van der Waals surface area contributed by atoms with Crippen molar-refractivity contribution in [1.82, 2.24) is 4.90 Å². The average molecular weight is 344 g/mol. The number of hydrogen-bond acceptors (Lipinski definition) is 4. The van der Waals surface area contributed by atoms with Gasteiger partial charge in [-0.15, -0.1) is 0 Å². The quantitative estimate of drug-likeness (QED) is 0.788. The van der Waals surface area contributed by atoms with Crippen LogP contribution in [0.2, 0.25) is 0 Å². The molecule has 5 nitrogen and oxygen atoms in total. The second-order valence-corrected chi connectivity index (χ2v) is 7.01. The first-order valence-corrected chi connectivity index (χ1v) is 9.42. The van der Waals surface area contributed by atoms with Crippen molar-refractivity contribution in [2.24, 2.45) is 0 Å². The number of esters is 1. The molecule has 0 bridgehead atoms. The first kappa shape index (κ1) is 17.9. The van der Waals surface area contributed by atoms with E-state index in [2.05, 4.69) is 13.0 Å². The van der Waals surface area contributed by atoms with Crippen molar-refractivity contribution >= 4 is 17.6 Å². The number of piperidine rings is 1. The molecule has 2 atom stereocenters. The standard InChI is InChI=1S/C20H28N2O3/c1-3-25-20(24)18-10-6-7-13-21(18)14-19(23)22-15(2)11-12-16-8-4-5-9-17(16)22/h4-5,8-9,15,18H,3,6-7,10-14H2,1-2H3/t15-,18+/m1/s1. The van der Waals surface area contributed by atoms with Crippen LogP contribution in [0.15, 0.2) is 24.3 Å². The Kier molecular flexibility index (Phi) is 5.74. The van der Waals surface area contributed by atoms with Gasteiger partial charge in [0.15, 0.2) is 0 Å². The fourth-order valence-electron chi connectivity index (χ4n) is 4.00. The molecule has 0 aromatic heterocycles. The molecular formula is C20H28N2O3. The number of anilines is 1. The number of rotatable bonds is 4. The Balaban J connectivity index is 1.75. The molecule has 0 N–H and O–H groups in total. The van der Waals surface area contributed by atoms with Crippen LogP contribution < -0.4 is 4.90 Å². The minimum Gasteiger partial charge on any atom is -0.465 e. The molecule has 3 rings (SSSR count). The van der Waals surface area contributed by atoms with Crippen molar-refractivity contribution in [2.75, 3.05) is 24.6 Å². The van der Waals surface area contributed by atoms with Crippen LogP contribution in [-0.4, -0.2) is 48.6 Å². The summed E-state index contributed by atoms with van der Waals surface area (Å²) in [7, 11) is 0. The van der Waals surface area contributed by atoms with E-state index in [1.165, 1.54) is 5.56 Å². The Morgan fingerprint density at radius 1 is 1.20 bits per heavy atom. The van der Waals surface area contributed by atoms with E-state index in [1.54, 1.807) is 0 Å². The summed E-state index contributed by atoms with van der Waals surface area (Å²) >= 11 is 0. The summed E-state index contributed by atoms with van der Waals surface area (Å²) in [6.07, 6.45) is 4.80. The van der Waals surface area contributed by atoms with Crippen LogP contribution in [0.25, 0.3) is 0 Å². The van der Waals surface area contributed by atoms with Gasteiger partial charge in [0, 0.05) is 11.7 Å². The molecule has 136 valence electrons. The maximum absolute atomic E-state index is 13.1. The highest BCUT2D eigenvalue weighted by atomic mass is 16.5. The van der Waals surface area contributed by atoms with Gasteiger partial charge >= 0.3 is 5.97 Å². The largest absolute Gasteiger partial charge is 0.465 e. The van der Waals surface area contributed by atoms with Crippen LogP contribution in [0.4, 0.5) is 5.69 Å². The number of fused-ring (bicyclic) bond motifs is 1. The lowest BCUT2D eigenvalue weighted by Crippen LogP contribution is -2.52. The molecule has 2 heterocycles. The smallest absolute Gasteiger partial charge is 0.323 e. The van der Waals surface area contributed by atoms with E-state index in [0.717, 1.165) is 44.3 Å². The van der Waals surface area contributed by atoms with Crippen molar-refractivity contribution in [3.8, 4) is 0 Å². The van der Waals surface area contributed by atoms with E-state index >= 15 is 0 Å². The number of likely N-dealkylation sites (tertiary alicyclic amines) is 1. The molecule has 0 radical (unpaired) electrons. The summed E-state index contributed by atoms with van der Waals surface area (Å²) < 4.78 is 5.21.